The van der Waals surface area contributed by atoms with Crippen LogP contribution in [0.5, 0.6) is 0 Å². The number of pyridine rings is 1. The van der Waals surface area contributed by atoms with Gasteiger partial charge in [0.05, 0.1) is 26.0 Å². The Labute approximate surface area is 184 Å². The van der Waals surface area contributed by atoms with E-state index in [4.69, 9.17) is 16.3 Å². The number of rotatable bonds is 4. The van der Waals surface area contributed by atoms with Gasteiger partial charge in [0.2, 0.25) is 0 Å². The van der Waals surface area contributed by atoms with E-state index in [0.717, 1.165) is 24.1 Å². The SMILES string of the molecule is C[C@@H]1CCC[C@@H](C)N1C(=O)COC(=O)c1cc(-c2ccc(Cl)s2)nc2ccccc12. The van der Waals surface area contributed by atoms with Crippen molar-refractivity contribution in [3.63, 3.8) is 0 Å². The fourth-order valence-corrected chi connectivity index (χ4v) is 5.12. The lowest BCUT2D eigenvalue weighted by atomic mass is 9.97. The van der Waals surface area contributed by atoms with Gasteiger partial charge in [-0.25, -0.2) is 9.78 Å². The number of thiophene rings is 1. The van der Waals surface area contributed by atoms with Crippen molar-refractivity contribution in [1.82, 2.24) is 9.88 Å². The molecule has 30 heavy (non-hydrogen) atoms. The van der Waals surface area contributed by atoms with Gasteiger partial charge in [0, 0.05) is 17.5 Å². The lowest BCUT2D eigenvalue weighted by Gasteiger charge is -2.38. The van der Waals surface area contributed by atoms with Crippen LogP contribution in [-0.2, 0) is 9.53 Å². The predicted octanol–water partition coefficient (Wildman–Crippen LogP) is 5.56. The highest BCUT2D eigenvalue weighted by atomic mass is 35.5. The number of likely N-dealkylation sites (tertiary alicyclic amines) is 1. The molecule has 0 unspecified atom stereocenters. The zero-order chi connectivity index (χ0) is 21.3. The van der Waals surface area contributed by atoms with Crippen LogP contribution in [0.15, 0.2) is 42.5 Å². The molecular formula is C23H23ClN2O3S. The molecule has 0 saturated carbocycles. The minimum Gasteiger partial charge on any atom is -0.452 e. The summed E-state index contributed by atoms with van der Waals surface area (Å²) in [6, 6.07) is 13.1. The van der Waals surface area contributed by atoms with Gasteiger partial charge in [-0.05, 0) is 57.4 Å². The number of fused-ring (bicyclic) bond motifs is 1. The van der Waals surface area contributed by atoms with Gasteiger partial charge in [0.15, 0.2) is 6.61 Å². The van der Waals surface area contributed by atoms with Crippen LogP contribution in [0.3, 0.4) is 0 Å². The Morgan fingerprint density at radius 1 is 1.17 bits per heavy atom. The molecule has 0 aliphatic carbocycles. The molecule has 1 fully saturated rings. The number of nitrogens with zero attached hydrogens (tertiary/aromatic N) is 2. The molecular weight excluding hydrogens is 420 g/mol. The Hall–Kier alpha value is -2.44. The summed E-state index contributed by atoms with van der Waals surface area (Å²) in [6.45, 7) is 3.83. The molecule has 1 aliphatic heterocycles. The molecule has 3 aromatic rings. The molecule has 2 aromatic heterocycles. The summed E-state index contributed by atoms with van der Waals surface area (Å²) in [4.78, 5) is 33.1. The Bertz CT molecular complexity index is 1090. The van der Waals surface area contributed by atoms with E-state index in [9.17, 15) is 9.59 Å². The van der Waals surface area contributed by atoms with Crippen molar-refractivity contribution in [1.29, 1.82) is 0 Å². The van der Waals surface area contributed by atoms with Crippen molar-refractivity contribution in [3.8, 4) is 10.6 Å². The second-order valence-corrected chi connectivity index (χ2v) is 9.40. The third kappa shape index (κ3) is 4.20. The van der Waals surface area contributed by atoms with E-state index in [-0.39, 0.29) is 24.6 Å². The highest BCUT2D eigenvalue weighted by molar-refractivity contribution is 7.19. The third-order valence-corrected chi connectivity index (χ3v) is 6.82. The highest BCUT2D eigenvalue weighted by Crippen LogP contribution is 2.32. The van der Waals surface area contributed by atoms with E-state index >= 15 is 0 Å². The molecule has 4 rings (SSSR count). The smallest absolute Gasteiger partial charge is 0.339 e. The zero-order valence-electron chi connectivity index (χ0n) is 16.9. The van der Waals surface area contributed by atoms with E-state index in [1.54, 1.807) is 12.1 Å². The Morgan fingerprint density at radius 3 is 2.60 bits per heavy atom. The van der Waals surface area contributed by atoms with Crippen molar-refractivity contribution >= 4 is 45.7 Å². The van der Waals surface area contributed by atoms with Gasteiger partial charge in [-0.3, -0.25) is 4.79 Å². The molecule has 2 atom stereocenters. The number of para-hydroxylation sites is 1. The van der Waals surface area contributed by atoms with E-state index < -0.39 is 5.97 Å². The first-order valence-corrected chi connectivity index (χ1v) is 11.3. The van der Waals surface area contributed by atoms with E-state index in [2.05, 4.69) is 4.98 Å². The summed E-state index contributed by atoms with van der Waals surface area (Å²) >= 11 is 7.47. The number of esters is 1. The first-order valence-electron chi connectivity index (χ1n) is 10.1. The molecule has 156 valence electrons. The van der Waals surface area contributed by atoms with E-state index in [1.165, 1.54) is 11.3 Å². The van der Waals surface area contributed by atoms with Crippen LogP contribution in [0.25, 0.3) is 21.5 Å². The molecule has 3 heterocycles. The summed E-state index contributed by atoms with van der Waals surface area (Å²) in [5, 5.41) is 0.695. The fourth-order valence-electron chi connectivity index (χ4n) is 4.11. The molecule has 0 spiro atoms. The number of amides is 1. The van der Waals surface area contributed by atoms with Crippen molar-refractivity contribution in [2.24, 2.45) is 0 Å². The highest BCUT2D eigenvalue weighted by Gasteiger charge is 2.29. The lowest BCUT2D eigenvalue weighted by Crippen LogP contribution is -2.49. The third-order valence-electron chi connectivity index (χ3n) is 5.57. The topological polar surface area (TPSA) is 59.5 Å². The number of piperidine rings is 1. The van der Waals surface area contributed by atoms with Gasteiger partial charge in [-0.15, -0.1) is 11.3 Å². The average Bonchev–Trinajstić information content (AvgIpc) is 3.17. The number of carbonyl (C=O) groups excluding carboxylic acids is 2. The number of hydrogen-bond donors (Lipinski definition) is 0. The monoisotopic (exact) mass is 442 g/mol. The Balaban J connectivity index is 1.59. The van der Waals surface area contributed by atoms with E-state index in [1.807, 2.05) is 49.1 Å². The summed E-state index contributed by atoms with van der Waals surface area (Å²) in [7, 11) is 0. The molecule has 1 aliphatic rings. The predicted molar refractivity (Wildman–Crippen MR) is 120 cm³/mol. The molecule has 1 aromatic carbocycles. The van der Waals surface area contributed by atoms with Crippen LogP contribution >= 0.6 is 22.9 Å². The van der Waals surface area contributed by atoms with Crippen LogP contribution in [0.4, 0.5) is 0 Å². The van der Waals surface area contributed by atoms with Gasteiger partial charge in [-0.1, -0.05) is 29.8 Å². The molecule has 7 heteroatoms. The summed E-state index contributed by atoms with van der Waals surface area (Å²) in [5.74, 6) is -0.671. The number of benzene rings is 1. The Kier molecular flexibility index (Phi) is 6.06. The lowest BCUT2D eigenvalue weighted by molar-refractivity contribution is -0.140. The van der Waals surface area contributed by atoms with Crippen LogP contribution < -0.4 is 0 Å². The number of aromatic nitrogens is 1. The van der Waals surface area contributed by atoms with Crippen molar-refractivity contribution in [3.05, 3.63) is 52.4 Å². The number of hydrogen-bond acceptors (Lipinski definition) is 5. The van der Waals surface area contributed by atoms with E-state index in [0.29, 0.717) is 26.5 Å². The molecule has 0 N–H and O–H groups in total. The fraction of sp³-hybridized carbons (Fsp3) is 0.348. The largest absolute Gasteiger partial charge is 0.452 e. The minimum absolute atomic E-state index is 0.147. The van der Waals surface area contributed by atoms with Crippen LogP contribution in [-0.4, -0.2) is 40.5 Å². The van der Waals surface area contributed by atoms with Crippen molar-refractivity contribution in [2.75, 3.05) is 6.61 Å². The maximum absolute atomic E-state index is 13.0. The summed E-state index contributed by atoms with van der Waals surface area (Å²) in [6.07, 6.45) is 3.07. The van der Waals surface area contributed by atoms with Crippen LogP contribution in [0.2, 0.25) is 4.34 Å². The van der Waals surface area contributed by atoms with Gasteiger partial charge < -0.3 is 9.64 Å². The van der Waals surface area contributed by atoms with Crippen molar-refractivity contribution < 1.29 is 14.3 Å². The Morgan fingerprint density at radius 2 is 1.90 bits per heavy atom. The van der Waals surface area contributed by atoms with Gasteiger partial charge in [-0.2, -0.15) is 0 Å². The summed E-state index contributed by atoms with van der Waals surface area (Å²) < 4.78 is 6.12. The second-order valence-electron chi connectivity index (χ2n) is 7.68. The van der Waals surface area contributed by atoms with Gasteiger partial charge >= 0.3 is 5.97 Å². The number of ether oxygens (including phenoxy) is 1. The standard InChI is InChI=1S/C23H23ClN2O3S/c1-14-6-5-7-15(2)26(14)22(27)13-29-23(28)17-12-19(20-10-11-21(24)30-20)25-18-9-4-3-8-16(17)18/h3-4,8-12,14-15H,5-7,13H2,1-2H3/t14-,15-/m1/s1. The first-order chi connectivity index (χ1) is 14.4. The van der Waals surface area contributed by atoms with Crippen LogP contribution in [0, 0.1) is 0 Å². The van der Waals surface area contributed by atoms with Crippen molar-refractivity contribution in [2.45, 2.75) is 45.2 Å². The van der Waals surface area contributed by atoms with Crippen LogP contribution in [0.1, 0.15) is 43.5 Å². The quantitative estimate of drug-likeness (QED) is 0.496. The average molecular weight is 443 g/mol. The normalized spacial score (nSPS) is 19.1. The van der Waals surface area contributed by atoms with Gasteiger partial charge in [0.25, 0.3) is 5.91 Å². The number of carbonyl (C=O) groups is 2. The molecule has 0 radical (unpaired) electrons. The maximum Gasteiger partial charge on any atom is 0.339 e. The summed E-state index contributed by atoms with van der Waals surface area (Å²) in [5.41, 5.74) is 1.74. The molecule has 5 nitrogen and oxygen atoms in total. The zero-order valence-corrected chi connectivity index (χ0v) is 18.5. The second kappa shape index (κ2) is 8.74. The minimum atomic E-state index is -0.525. The van der Waals surface area contributed by atoms with Gasteiger partial charge in [0.1, 0.15) is 0 Å². The molecule has 1 amide bonds. The number of halogens is 1. The molecule has 0 bridgehead atoms. The maximum atomic E-state index is 13.0. The first kappa shape index (κ1) is 20.8. The molecule has 1 saturated heterocycles.